The lowest BCUT2D eigenvalue weighted by atomic mass is 10.2. The van der Waals surface area contributed by atoms with Gasteiger partial charge in [-0.2, -0.15) is 5.10 Å². The predicted octanol–water partition coefficient (Wildman–Crippen LogP) is 1.96. The Hall–Kier alpha value is -2.74. The lowest BCUT2D eigenvalue weighted by Gasteiger charge is -2.05. The van der Waals surface area contributed by atoms with Crippen molar-refractivity contribution < 1.29 is 4.92 Å². The number of benzene rings is 1. The molecule has 1 aromatic carbocycles. The molecule has 0 amide bonds. The molecule has 2 aromatic rings. The molecule has 0 aliphatic carbocycles. The number of non-ortho nitro benzene ring substituents is 1. The number of hydrogen-bond donors (Lipinski definition) is 2. The molecular formula is C12H10ClN5O3. The zero-order chi connectivity index (χ0) is 15.6. The van der Waals surface area contributed by atoms with Gasteiger partial charge in [-0.15, -0.1) is 0 Å². The molecule has 0 saturated carbocycles. The maximum atomic E-state index is 11.9. The first-order valence-electron chi connectivity index (χ1n) is 5.72. The Kier molecular flexibility index (Phi) is 3.99. The third-order valence-electron chi connectivity index (χ3n) is 2.52. The molecule has 0 saturated heterocycles. The van der Waals surface area contributed by atoms with Crippen LogP contribution in [-0.2, 0) is 0 Å². The molecule has 0 aliphatic rings. The average molecular weight is 308 g/mol. The van der Waals surface area contributed by atoms with Gasteiger partial charge in [0.25, 0.3) is 11.2 Å². The molecule has 0 spiro atoms. The van der Waals surface area contributed by atoms with Gasteiger partial charge >= 0.3 is 0 Å². The van der Waals surface area contributed by atoms with Crippen LogP contribution in [0.1, 0.15) is 12.6 Å². The fourth-order valence-electron chi connectivity index (χ4n) is 1.59. The van der Waals surface area contributed by atoms with Crippen LogP contribution in [0, 0.1) is 10.1 Å². The summed E-state index contributed by atoms with van der Waals surface area (Å²) < 4.78 is 0. The molecular weight excluding hydrogens is 298 g/mol. The maximum Gasteiger partial charge on any atom is 0.276 e. The van der Waals surface area contributed by atoms with Gasteiger partial charge in [0.15, 0.2) is 5.69 Å². The summed E-state index contributed by atoms with van der Waals surface area (Å²) in [6, 6.07) is 3.98. The van der Waals surface area contributed by atoms with Gasteiger partial charge in [-0.05, 0) is 13.0 Å². The van der Waals surface area contributed by atoms with Gasteiger partial charge < -0.3 is 4.98 Å². The summed E-state index contributed by atoms with van der Waals surface area (Å²) >= 11 is 5.57. The quantitative estimate of drug-likeness (QED) is 0.509. The van der Waals surface area contributed by atoms with E-state index in [1.54, 1.807) is 6.92 Å². The number of H-pyrrole nitrogens is 1. The molecule has 0 aliphatic heterocycles. The minimum Gasteiger partial charge on any atom is -0.318 e. The Bertz CT molecular complexity index is 823. The van der Waals surface area contributed by atoms with Crippen molar-refractivity contribution in [3.8, 4) is 0 Å². The van der Waals surface area contributed by atoms with Crippen LogP contribution in [0.25, 0.3) is 16.7 Å². The molecule has 108 valence electrons. The zero-order valence-corrected chi connectivity index (χ0v) is 11.6. The number of aromatic amines is 1. The summed E-state index contributed by atoms with van der Waals surface area (Å²) in [5.41, 5.74) is 2.68. The molecule has 8 nitrogen and oxygen atoms in total. The van der Waals surface area contributed by atoms with E-state index >= 15 is 0 Å². The summed E-state index contributed by atoms with van der Waals surface area (Å²) in [7, 11) is 0. The largest absolute Gasteiger partial charge is 0.318 e. The number of fused-ring (bicyclic) bond motifs is 1. The van der Waals surface area contributed by atoms with E-state index in [2.05, 4.69) is 27.1 Å². The Morgan fingerprint density at radius 1 is 1.57 bits per heavy atom. The molecule has 9 heteroatoms. The number of nitrogens with zero attached hydrogens (tertiary/aromatic N) is 3. The summed E-state index contributed by atoms with van der Waals surface area (Å²) in [5, 5.41) is 14.6. The fourth-order valence-corrected chi connectivity index (χ4v) is 1.63. The second-order valence-electron chi connectivity index (χ2n) is 4.07. The van der Waals surface area contributed by atoms with E-state index in [0.717, 1.165) is 0 Å². The second kappa shape index (κ2) is 5.71. The Morgan fingerprint density at radius 2 is 2.29 bits per heavy atom. The highest BCUT2D eigenvalue weighted by Crippen LogP contribution is 2.17. The van der Waals surface area contributed by atoms with Crippen LogP contribution in [0.15, 0.2) is 34.7 Å². The Balaban J connectivity index is 2.48. The zero-order valence-electron chi connectivity index (χ0n) is 10.9. The number of nitro groups is 1. The van der Waals surface area contributed by atoms with Crippen LogP contribution in [0.4, 0.5) is 5.69 Å². The third-order valence-corrected chi connectivity index (χ3v) is 2.60. The average Bonchev–Trinajstić information content (AvgIpc) is 2.43. The highest BCUT2D eigenvalue weighted by Gasteiger charge is 2.11. The Labute approximate surface area is 123 Å². The molecule has 1 aromatic heterocycles. The van der Waals surface area contributed by atoms with Gasteiger partial charge in [0.1, 0.15) is 5.17 Å². The van der Waals surface area contributed by atoms with Gasteiger partial charge in [0, 0.05) is 12.1 Å². The van der Waals surface area contributed by atoms with E-state index in [4.69, 9.17) is 11.6 Å². The number of aromatic nitrogens is 2. The van der Waals surface area contributed by atoms with Gasteiger partial charge in [-0.25, -0.2) is 4.98 Å². The second-order valence-corrected chi connectivity index (χ2v) is 4.62. The van der Waals surface area contributed by atoms with Crippen molar-refractivity contribution in [2.24, 2.45) is 5.10 Å². The monoisotopic (exact) mass is 307 g/mol. The number of rotatable bonds is 4. The number of halogens is 1. The van der Waals surface area contributed by atoms with Gasteiger partial charge in [0.05, 0.1) is 21.7 Å². The first-order chi connectivity index (χ1) is 9.88. The van der Waals surface area contributed by atoms with Crippen LogP contribution in [0.2, 0.25) is 0 Å². The van der Waals surface area contributed by atoms with Crippen LogP contribution in [-0.4, -0.2) is 20.1 Å². The van der Waals surface area contributed by atoms with Crippen molar-refractivity contribution in [1.29, 1.82) is 0 Å². The van der Waals surface area contributed by atoms with E-state index in [0.29, 0.717) is 5.52 Å². The fraction of sp³-hybridized carbons (Fsp3) is 0.0833. The smallest absolute Gasteiger partial charge is 0.276 e. The molecule has 2 N–H and O–H groups in total. The molecule has 0 atom stereocenters. The summed E-state index contributed by atoms with van der Waals surface area (Å²) in [5.74, 6) is 0. The highest BCUT2D eigenvalue weighted by molar-refractivity contribution is 6.64. The topological polar surface area (TPSA) is 113 Å². The van der Waals surface area contributed by atoms with Crippen LogP contribution < -0.4 is 11.0 Å². The molecule has 21 heavy (non-hydrogen) atoms. The molecule has 0 unspecified atom stereocenters. The number of nitrogens with one attached hydrogen (secondary N) is 2. The molecule has 0 radical (unpaired) electrons. The van der Waals surface area contributed by atoms with Crippen LogP contribution in [0.3, 0.4) is 0 Å². The number of hydrazone groups is 1. The van der Waals surface area contributed by atoms with E-state index in [1.165, 1.54) is 18.2 Å². The SMILES string of the molecule is C=C(N/N=C(\C)Cl)c1nc2ccc([N+](=O)[O-])cc2[nH]c1=O. The van der Waals surface area contributed by atoms with Crippen molar-refractivity contribution >= 4 is 39.2 Å². The van der Waals surface area contributed by atoms with Gasteiger partial charge in [0.2, 0.25) is 0 Å². The van der Waals surface area contributed by atoms with Crippen molar-refractivity contribution in [3.05, 3.63) is 50.9 Å². The summed E-state index contributed by atoms with van der Waals surface area (Å²) in [6.07, 6.45) is 0. The normalized spacial score (nSPS) is 11.4. The molecule has 1 heterocycles. The lowest BCUT2D eigenvalue weighted by Crippen LogP contribution is -2.19. The van der Waals surface area contributed by atoms with Crippen molar-refractivity contribution in [2.75, 3.05) is 0 Å². The van der Waals surface area contributed by atoms with Crippen molar-refractivity contribution in [2.45, 2.75) is 6.92 Å². The maximum absolute atomic E-state index is 11.9. The van der Waals surface area contributed by atoms with Gasteiger partial charge in [-0.3, -0.25) is 20.3 Å². The van der Waals surface area contributed by atoms with Gasteiger partial charge in [-0.1, -0.05) is 18.2 Å². The van der Waals surface area contributed by atoms with Crippen molar-refractivity contribution in [1.82, 2.24) is 15.4 Å². The van der Waals surface area contributed by atoms with E-state index in [1.807, 2.05) is 0 Å². The number of hydrogen-bond acceptors (Lipinski definition) is 6. The Morgan fingerprint density at radius 3 is 2.90 bits per heavy atom. The minimum absolute atomic E-state index is 0.0259. The first kappa shape index (κ1) is 14.7. The molecule has 0 fully saturated rings. The number of nitro benzene ring substituents is 1. The predicted molar refractivity (Wildman–Crippen MR) is 80.1 cm³/mol. The standard InChI is InChI=1S/C12H10ClN5O3/c1-6(16-17-7(2)13)11-12(19)15-10-5-8(18(20)21)3-4-9(10)14-11/h3-5,16H,1H2,2H3,(H,15,19)/b17-7+. The lowest BCUT2D eigenvalue weighted by molar-refractivity contribution is -0.384. The first-order valence-corrected chi connectivity index (χ1v) is 6.10. The highest BCUT2D eigenvalue weighted by atomic mass is 35.5. The minimum atomic E-state index is -0.551. The molecule has 2 rings (SSSR count). The third kappa shape index (κ3) is 3.23. The van der Waals surface area contributed by atoms with E-state index in [-0.39, 0.29) is 27.8 Å². The van der Waals surface area contributed by atoms with Crippen LogP contribution in [0.5, 0.6) is 0 Å². The van der Waals surface area contributed by atoms with Crippen molar-refractivity contribution in [3.63, 3.8) is 0 Å². The van der Waals surface area contributed by atoms with E-state index < -0.39 is 10.5 Å². The van der Waals surface area contributed by atoms with E-state index in [9.17, 15) is 14.9 Å². The summed E-state index contributed by atoms with van der Waals surface area (Å²) in [4.78, 5) is 28.7. The summed E-state index contributed by atoms with van der Waals surface area (Å²) in [6.45, 7) is 5.20. The molecule has 0 bridgehead atoms. The van der Waals surface area contributed by atoms with Crippen LogP contribution >= 0.6 is 11.6 Å².